The number of hydrogen-bond acceptors (Lipinski definition) is 3. The van der Waals surface area contributed by atoms with Gasteiger partial charge < -0.3 is 9.64 Å². The van der Waals surface area contributed by atoms with Gasteiger partial charge in [0.05, 0.1) is 0 Å². The molecule has 4 heteroatoms. The van der Waals surface area contributed by atoms with Crippen molar-refractivity contribution < 1.29 is 9.53 Å². The third-order valence-electron chi connectivity index (χ3n) is 6.66. The van der Waals surface area contributed by atoms with Crippen LogP contribution in [-0.2, 0) is 4.74 Å². The number of carbonyl (C=O) groups is 1. The van der Waals surface area contributed by atoms with Crippen molar-refractivity contribution in [1.82, 2.24) is 4.90 Å². The quantitative estimate of drug-likeness (QED) is 0.275. The summed E-state index contributed by atoms with van der Waals surface area (Å²) in [7, 11) is 1.87. The highest BCUT2D eigenvalue weighted by Gasteiger charge is 2.26. The van der Waals surface area contributed by atoms with Gasteiger partial charge in [0, 0.05) is 31.4 Å². The van der Waals surface area contributed by atoms with Gasteiger partial charge in [-0.15, -0.1) is 0 Å². The Morgan fingerprint density at radius 3 is 2.44 bits per heavy atom. The third-order valence-corrected chi connectivity index (χ3v) is 6.66. The summed E-state index contributed by atoms with van der Waals surface area (Å²) in [5.41, 5.74) is 7.82. The summed E-state index contributed by atoms with van der Waals surface area (Å²) in [4.78, 5) is 19.3. The van der Waals surface area contributed by atoms with Gasteiger partial charge >= 0.3 is 6.09 Å². The Morgan fingerprint density at radius 2 is 1.83 bits per heavy atom. The van der Waals surface area contributed by atoms with Gasteiger partial charge in [-0.2, -0.15) is 0 Å². The van der Waals surface area contributed by atoms with Gasteiger partial charge in [-0.05, 0) is 101 Å². The lowest BCUT2D eigenvalue weighted by Gasteiger charge is -2.31. The van der Waals surface area contributed by atoms with E-state index in [1.807, 2.05) is 38.8 Å². The monoisotopic (exact) mass is 492 g/mol. The maximum atomic E-state index is 12.8. The Balaban J connectivity index is 2.59. The topological polar surface area (TPSA) is 41.9 Å². The summed E-state index contributed by atoms with van der Waals surface area (Å²) in [5, 5.41) is 0. The first-order valence-electron chi connectivity index (χ1n) is 13.5. The Labute approximate surface area is 220 Å². The maximum Gasteiger partial charge on any atom is 0.410 e. The molecule has 2 aliphatic rings. The molecule has 1 aliphatic heterocycles. The molecule has 1 heterocycles. The summed E-state index contributed by atoms with van der Waals surface area (Å²) < 4.78 is 5.66. The molecular weight excluding hydrogens is 444 g/mol. The fourth-order valence-corrected chi connectivity index (χ4v) is 5.08. The van der Waals surface area contributed by atoms with E-state index in [0.29, 0.717) is 13.1 Å². The SMILES string of the molecule is C=C\C=C(C1=CCCCCC1)/C(C(/C)=N\C)=C(C(=C)C)\C1=C/[C@@H](C)CN(C(=O)OC(C)(C)C)CCC1. The summed E-state index contributed by atoms with van der Waals surface area (Å²) >= 11 is 0. The van der Waals surface area contributed by atoms with E-state index in [1.165, 1.54) is 47.1 Å². The minimum absolute atomic E-state index is 0.186. The second kappa shape index (κ2) is 13.6. The minimum Gasteiger partial charge on any atom is -0.444 e. The van der Waals surface area contributed by atoms with E-state index in [1.54, 1.807) is 0 Å². The van der Waals surface area contributed by atoms with Crippen molar-refractivity contribution in [2.75, 3.05) is 20.1 Å². The van der Waals surface area contributed by atoms with Crippen molar-refractivity contribution in [3.05, 3.63) is 70.9 Å². The molecule has 2 rings (SSSR count). The molecule has 1 aliphatic carbocycles. The molecule has 0 saturated carbocycles. The second-order valence-corrected chi connectivity index (χ2v) is 11.2. The maximum absolute atomic E-state index is 12.8. The first kappa shape index (κ1) is 29.6. The van der Waals surface area contributed by atoms with E-state index < -0.39 is 5.60 Å². The molecule has 0 radical (unpaired) electrons. The van der Waals surface area contributed by atoms with Gasteiger partial charge in [-0.3, -0.25) is 4.99 Å². The molecular formula is C32H48N2O2. The van der Waals surface area contributed by atoms with Gasteiger partial charge in [-0.25, -0.2) is 4.79 Å². The van der Waals surface area contributed by atoms with Crippen molar-refractivity contribution in [2.45, 2.75) is 92.1 Å². The van der Waals surface area contributed by atoms with E-state index >= 15 is 0 Å². The lowest BCUT2D eigenvalue weighted by atomic mass is 9.81. The minimum atomic E-state index is -0.494. The van der Waals surface area contributed by atoms with Crippen LogP contribution in [0.25, 0.3) is 0 Å². The fraction of sp³-hybridized carbons (Fsp3) is 0.562. The number of allylic oxidation sites excluding steroid dienone is 9. The number of amides is 1. The zero-order chi connectivity index (χ0) is 26.9. The normalized spacial score (nSPS) is 22.8. The van der Waals surface area contributed by atoms with Crippen LogP contribution in [0.1, 0.15) is 86.5 Å². The standard InChI is InChI=1S/C32H48N2O2/c1-10-16-28(26-17-13-11-12-14-18-26)30(25(5)33-9)29(23(2)3)27-19-15-20-34(22-24(4)21-27)31(35)36-32(6,7)8/h10,16-17,21,24H,1-2,11-15,18-20,22H2,3-9H3/b27-21-,28-16-,30-29-,33-25-/t24-/m1/s1. The molecule has 0 fully saturated rings. The number of carbonyl (C=O) groups excluding carboxylic acids is 1. The van der Waals surface area contributed by atoms with Crippen LogP contribution in [0.4, 0.5) is 4.79 Å². The molecule has 0 bridgehead atoms. The molecule has 0 aromatic carbocycles. The van der Waals surface area contributed by atoms with Gasteiger partial charge in [-0.1, -0.05) is 56.4 Å². The van der Waals surface area contributed by atoms with Crippen molar-refractivity contribution in [3.63, 3.8) is 0 Å². The lowest BCUT2D eigenvalue weighted by molar-refractivity contribution is 0.0230. The van der Waals surface area contributed by atoms with Crippen molar-refractivity contribution in [2.24, 2.45) is 10.9 Å². The molecule has 0 N–H and O–H groups in total. The van der Waals surface area contributed by atoms with Gasteiger partial charge in [0.1, 0.15) is 5.60 Å². The summed E-state index contributed by atoms with van der Waals surface area (Å²) in [6.07, 6.45) is 16.2. The summed E-state index contributed by atoms with van der Waals surface area (Å²) in [5.74, 6) is 0.186. The van der Waals surface area contributed by atoms with Crippen LogP contribution in [0.2, 0.25) is 0 Å². The molecule has 0 spiro atoms. The molecule has 198 valence electrons. The van der Waals surface area contributed by atoms with Crippen molar-refractivity contribution in [1.29, 1.82) is 0 Å². The van der Waals surface area contributed by atoms with E-state index in [4.69, 9.17) is 4.74 Å². The molecule has 0 unspecified atom stereocenters. The van der Waals surface area contributed by atoms with Crippen LogP contribution in [0.15, 0.2) is 75.9 Å². The van der Waals surface area contributed by atoms with E-state index in [0.717, 1.165) is 37.0 Å². The van der Waals surface area contributed by atoms with E-state index in [2.05, 4.69) is 57.1 Å². The molecule has 0 aromatic rings. The predicted octanol–water partition coefficient (Wildman–Crippen LogP) is 8.55. The molecule has 1 atom stereocenters. The third kappa shape index (κ3) is 8.50. The number of nitrogens with zero attached hydrogens (tertiary/aromatic N) is 2. The molecule has 0 saturated heterocycles. The fourth-order valence-electron chi connectivity index (χ4n) is 5.08. The van der Waals surface area contributed by atoms with Crippen molar-refractivity contribution >= 4 is 11.8 Å². The van der Waals surface area contributed by atoms with Crippen LogP contribution in [0.5, 0.6) is 0 Å². The van der Waals surface area contributed by atoms with Gasteiger partial charge in [0.2, 0.25) is 0 Å². The predicted molar refractivity (Wildman–Crippen MR) is 155 cm³/mol. The summed E-state index contributed by atoms with van der Waals surface area (Å²) in [6, 6.07) is 0. The number of ether oxygens (including phenoxy) is 1. The smallest absolute Gasteiger partial charge is 0.410 e. The largest absolute Gasteiger partial charge is 0.444 e. The Hall–Kier alpha value is -2.62. The van der Waals surface area contributed by atoms with Crippen LogP contribution in [0.3, 0.4) is 0 Å². The zero-order valence-electron chi connectivity index (χ0n) is 23.9. The van der Waals surface area contributed by atoms with E-state index in [-0.39, 0.29) is 12.0 Å². The average Bonchev–Trinajstić information content (AvgIpc) is 3.06. The van der Waals surface area contributed by atoms with Crippen LogP contribution in [-0.4, -0.2) is 42.4 Å². The Kier molecular flexibility index (Phi) is 11.2. The Morgan fingerprint density at radius 1 is 1.14 bits per heavy atom. The van der Waals surface area contributed by atoms with Gasteiger partial charge in [0.15, 0.2) is 0 Å². The van der Waals surface area contributed by atoms with E-state index in [9.17, 15) is 4.79 Å². The molecule has 4 nitrogen and oxygen atoms in total. The molecule has 1 amide bonds. The number of rotatable bonds is 6. The summed E-state index contributed by atoms with van der Waals surface area (Å²) in [6.45, 7) is 21.9. The van der Waals surface area contributed by atoms with Crippen LogP contribution in [0, 0.1) is 5.92 Å². The van der Waals surface area contributed by atoms with Crippen LogP contribution < -0.4 is 0 Å². The first-order chi connectivity index (χ1) is 17.0. The second-order valence-electron chi connectivity index (χ2n) is 11.2. The van der Waals surface area contributed by atoms with Crippen LogP contribution >= 0.6 is 0 Å². The number of aliphatic imine (C=N–C) groups is 1. The molecule has 0 aromatic heterocycles. The van der Waals surface area contributed by atoms with Crippen molar-refractivity contribution in [3.8, 4) is 0 Å². The zero-order valence-corrected chi connectivity index (χ0v) is 23.9. The number of hydrogen-bond donors (Lipinski definition) is 0. The first-order valence-corrected chi connectivity index (χ1v) is 13.5. The highest BCUT2D eigenvalue weighted by molar-refractivity contribution is 6.05. The Bertz CT molecular complexity index is 982. The average molecular weight is 493 g/mol. The highest BCUT2D eigenvalue weighted by atomic mass is 16.6. The molecule has 36 heavy (non-hydrogen) atoms. The highest BCUT2D eigenvalue weighted by Crippen LogP contribution is 2.37. The lowest BCUT2D eigenvalue weighted by Crippen LogP contribution is -2.40. The van der Waals surface area contributed by atoms with Gasteiger partial charge in [0.25, 0.3) is 0 Å².